The molecule has 4 unspecified atom stereocenters. The van der Waals surface area contributed by atoms with Crippen molar-refractivity contribution in [1.29, 1.82) is 0 Å². The van der Waals surface area contributed by atoms with Crippen molar-refractivity contribution in [3.05, 3.63) is 71.8 Å². The number of alkyl halides is 2. The molecule has 2 heterocycles. The summed E-state index contributed by atoms with van der Waals surface area (Å²) in [4.78, 5) is 53.3. The van der Waals surface area contributed by atoms with E-state index >= 15 is 0 Å². The molecule has 0 bridgehead atoms. The van der Waals surface area contributed by atoms with Crippen LogP contribution in [0.15, 0.2) is 60.7 Å². The molecule has 2 N–H and O–H groups in total. The van der Waals surface area contributed by atoms with Crippen molar-refractivity contribution in [3.63, 3.8) is 0 Å². The number of amides is 2. The lowest BCUT2D eigenvalue weighted by Gasteiger charge is -2.47. The molecule has 57 heavy (non-hydrogen) atoms. The molecule has 2 fully saturated rings. The van der Waals surface area contributed by atoms with E-state index in [1.165, 1.54) is 13.8 Å². The first-order valence-electron chi connectivity index (χ1n) is 20.2. The van der Waals surface area contributed by atoms with Crippen molar-refractivity contribution in [3.8, 4) is 0 Å². The van der Waals surface area contributed by atoms with Gasteiger partial charge in [0.2, 0.25) is 11.4 Å². The maximum Gasteiger partial charge on any atom is 0.319 e. The van der Waals surface area contributed by atoms with Gasteiger partial charge in [-0.05, 0) is 102 Å². The first kappa shape index (κ1) is 46.4. The summed E-state index contributed by atoms with van der Waals surface area (Å²) in [7, 11) is 0. The molecule has 4 rings (SSSR count). The van der Waals surface area contributed by atoms with E-state index in [-0.39, 0.29) is 0 Å². The smallest absolute Gasteiger partial charge is 0.319 e. The third-order valence-electron chi connectivity index (χ3n) is 10.9. The van der Waals surface area contributed by atoms with Crippen LogP contribution in [-0.4, -0.2) is 83.0 Å². The highest BCUT2D eigenvalue weighted by molar-refractivity contribution is 6.24. The van der Waals surface area contributed by atoms with E-state index in [1.54, 1.807) is 60.7 Å². The Balaban J connectivity index is 1.68. The number of halogens is 2. The molecule has 2 aliphatic heterocycles. The number of nitrogens with one attached hydrogen (secondary N) is 2. The normalized spacial score (nSPS) is 20.8. The quantitative estimate of drug-likeness (QED) is 0.0580. The van der Waals surface area contributed by atoms with E-state index in [0.29, 0.717) is 62.9 Å². The van der Waals surface area contributed by atoms with Crippen LogP contribution in [0.4, 0.5) is 0 Å². The van der Waals surface area contributed by atoms with Gasteiger partial charge in [-0.2, -0.15) is 0 Å². The van der Waals surface area contributed by atoms with Crippen molar-refractivity contribution in [2.45, 2.75) is 158 Å². The lowest BCUT2D eigenvalue weighted by molar-refractivity contribution is -0.249. The highest BCUT2D eigenvalue weighted by atomic mass is 35.5. The summed E-state index contributed by atoms with van der Waals surface area (Å²) in [5.74, 6) is -3.21. The average molecular weight is 836 g/mol. The van der Waals surface area contributed by atoms with Gasteiger partial charge in [-0.1, -0.05) is 64.1 Å². The van der Waals surface area contributed by atoms with Crippen LogP contribution in [0.1, 0.15) is 133 Å². The first-order chi connectivity index (χ1) is 27.1. The summed E-state index contributed by atoms with van der Waals surface area (Å²) < 4.78 is 37.1. The van der Waals surface area contributed by atoms with Crippen molar-refractivity contribution >= 4 is 47.0 Å². The third kappa shape index (κ3) is 12.4. The number of benzene rings is 2. The maximum atomic E-state index is 14.0. The SMILES string of the molecule is CCC(Cl)(CC)[C@@H](OC1CCCCO1)C(C)(NC(=O)c1ccccc1)OC(=O)CC(=O)OC(C)(NC(=O)c1ccccc1)[C@H](OC1CCCCO1)C(Cl)(CC)CC. The molecule has 6 atom stereocenters. The first-order valence-corrected chi connectivity index (χ1v) is 21.0. The number of ether oxygens (including phenoxy) is 6. The molecule has 2 saturated heterocycles. The number of carbonyl (C=O) groups is 4. The summed E-state index contributed by atoms with van der Waals surface area (Å²) in [6, 6.07) is 16.9. The van der Waals surface area contributed by atoms with Crippen LogP contribution in [0.2, 0.25) is 0 Å². The molecular formula is C43H60Cl2N2O10. The second-order valence-corrected chi connectivity index (χ2v) is 16.6. The molecule has 0 aromatic heterocycles. The molecule has 0 aliphatic carbocycles. The Morgan fingerprint density at radius 3 is 1.28 bits per heavy atom. The van der Waals surface area contributed by atoms with Gasteiger partial charge in [-0.25, -0.2) is 0 Å². The van der Waals surface area contributed by atoms with Gasteiger partial charge >= 0.3 is 11.9 Å². The predicted molar refractivity (Wildman–Crippen MR) is 217 cm³/mol. The van der Waals surface area contributed by atoms with Gasteiger partial charge < -0.3 is 39.1 Å². The minimum Gasteiger partial charge on any atom is -0.436 e. The number of hydrogen-bond acceptors (Lipinski definition) is 10. The zero-order valence-corrected chi connectivity index (χ0v) is 35.6. The third-order valence-corrected chi connectivity index (χ3v) is 12.3. The van der Waals surface area contributed by atoms with Crippen LogP contribution in [0.25, 0.3) is 0 Å². The molecular weight excluding hydrogens is 775 g/mol. The molecule has 0 radical (unpaired) electrons. The molecule has 0 spiro atoms. The summed E-state index contributed by atoms with van der Waals surface area (Å²) in [5, 5.41) is 5.72. The molecule has 2 aromatic carbocycles. The molecule has 0 saturated carbocycles. The lowest BCUT2D eigenvalue weighted by atomic mass is 9.87. The van der Waals surface area contributed by atoms with Crippen molar-refractivity contribution < 1.29 is 47.6 Å². The average Bonchev–Trinajstić information content (AvgIpc) is 3.22. The highest BCUT2D eigenvalue weighted by Crippen LogP contribution is 2.41. The zero-order chi connectivity index (χ0) is 41.7. The molecule has 2 aliphatic rings. The summed E-state index contributed by atoms with van der Waals surface area (Å²) in [6.45, 7) is 11.4. The Hall–Kier alpha value is -3.26. The van der Waals surface area contributed by atoms with E-state index in [0.717, 1.165) is 25.7 Å². The summed E-state index contributed by atoms with van der Waals surface area (Å²) in [6.07, 6.45) is 1.52. The minimum atomic E-state index is -1.91. The Kier molecular flexibility index (Phi) is 17.2. The zero-order valence-electron chi connectivity index (χ0n) is 34.1. The number of hydrogen-bond donors (Lipinski definition) is 2. The van der Waals surface area contributed by atoms with Gasteiger partial charge in [0.05, 0.1) is 9.75 Å². The molecule has 2 aromatic rings. The van der Waals surface area contributed by atoms with E-state index in [2.05, 4.69) is 10.6 Å². The monoisotopic (exact) mass is 834 g/mol. The Morgan fingerprint density at radius 1 is 0.632 bits per heavy atom. The fourth-order valence-corrected chi connectivity index (χ4v) is 7.92. The Morgan fingerprint density at radius 2 is 0.982 bits per heavy atom. The summed E-state index contributed by atoms with van der Waals surface area (Å²) >= 11 is 14.6. The van der Waals surface area contributed by atoms with Crippen molar-refractivity contribution in [2.24, 2.45) is 0 Å². The molecule has 14 heteroatoms. The number of esters is 2. The lowest BCUT2D eigenvalue weighted by Crippen LogP contribution is -2.66. The van der Waals surface area contributed by atoms with Crippen LogP contribution in [-0.2, 0) is 38.0 Å². The number of rotatable bonds is 20. The fourth-order valence-electron chi connectivity index (χ4n) is 7.40. The van der Waals surface area contributed by atoms with Crippen LogP contribution in [0.3, 0.4) is 0 Å². The van der Waals surface area contributed by atoms with Gasteiger partial charge in [-0.15, -0.1) is 23.2 Å². The second kappa shape index (κ2) is 21.1. The van der Waals surface area contributed by atoms with Crippen LogP contribution in [0, 0.1) is 0 Å². The van der Waals surface area contributed by atoms with E-state index in [4.69, 9.17) is 51.6 Å². The largest absolute Gasteiger partial charge is 0.436 e. The van der Waals surface area contributed by atoms with Crippen LogP contribution < -0.4 is 10.6 Å². The maximum absolute atomic E-state index is 14.0. The highest BCUT2D eigenvalue weighted by Gasteiger charge is 2.54. The number of carbonyl (C=O) groups excluding carboxylic acids is 4. The van der Waals surface area contributed by atoms with Crippen molar-refractivity contribution in [2.75, 3.05) is 13.2 Å². The van der Waals surface area contributed by atoms with Gasteiger partial charge in [0, 0.05) is 24.3 Å². The van der Waals surface area contributed by atoms with Crippen LogP contribution >= 0.6 is 23.2 Å². The standard InChI is InChI=1S/C43H60Cl2N2O10/c1-7-42(44,8-2)38(54-34-25-17-19-27-52-34)40(5,46-36(50)30-21-13-11-14-22-30)56-32(48)29-33(49)57-41(6,47-37(51)31-23-15-12-16-24-31)39(43(45,9-3)10-4)55-35-26-18-20-28-53-35/h11-16,21-24,34-35,38-39H,7-10,17-20,25-29H2,1-6H3,(H,46,50)(H,47,51)/t34?,35?,38-,39-,40?,41?/m0/s1. The topological polar surface area (TPSA) is 148 Å². The summed E-state index contributed by atoms with van der Waals surface area (Å²) in [5.41, 5.74) is -3.23. The predicted octanol–water partition coefficient (Wildman–Crippen LogP) is 8.17. The van der Waals surface area contributed by atoms with Gasteiger partial charge in [0.15, 0.2) is 12.6 Å². The van der Waals surface area contributed by atoms with E-state index < -0.39 is 76.2 Å². The van der Waals surface area contributed by atoms with Gasteiger partial charge in [-0.3, -0.25) is 19.2 Å². The van der Waals surface area contributed by atoms with Gasteiger partial charge in [0.25, 0.3) is 11.8 Å². The second-order valence-electron chi connectivity index (χ2n) is 15.1. The van der Waals surface area contributed by atoms with E-state index in [9.17, 15) is 19.2 Å². The van der Waals surface area contributed by atoms with E-state index in [1.807, 2.05) is 27.7 Å². The molecule has 2 amide bonds. The minimum absolute atomic E-state index is 0.300. The van der Waals surface area contributed by atoms with Crippen LogP contribution in [0.5, 0.6) is 0 Å². The van der Waals surface area contributed by atoms with Gasteiger partial charge in [0.1, 0.15) is 18.6 Å². The Bertz CT molecular complexity index is 1480. The Labute approximate surface area is 347 Å². The van der Waals surface area contributed by atoms with Crippen molar-refractivity contribution in [1.82, 2.24) is 10.6 Å². The molecule has 12 nitrogen and oxygen atoms in total. The molecule has 316 valence electrons. The fraction of sp³-hybridized carbons (Fsp3) is 0.628.